The van der Waals surface area contributed by atoms with Gasteiger partial charge < -0.3 is 30.2 Å². The standard InChI is InChI=1S/C44H52ClN11O5/c1-27-35(26-54(2)53-27)40-51-38-39(36(45)24-49-41(38)52-40)61-33-7-5-29(6-8-33)42(58)47-15-3-4-16-48-43(59)30-13-17-55(18-14-30)25-28-11-19-56(20-12-28)32-21-31(22-46-23-32)34-9-10-37(57)50-44(34)60/h5-8,21-24,26,28,30,34H,3-4,9-20,25H2,1-2H3,(H,47,58)(H,48,59)(H,49,51,52)(H,50,57,60)/t34-/m0/s1. The zero-order chi connectivity index (χ0) is 42.5. The number of anilines is 1. The van der Waals surface area contributed by atoms with E-state index in [4.69, 9.17) is 16.3 Å². The van der Waals surface area contributed by atoms with Crippen LogP contribution in [0, 0.1) is 18.8 Å². The average molecular weight is 850 g/mol. The van der Waals surface area contributed by atoms with Gasteiger partial charge in [-0.1, -0.05) is 11.6 Å². The van der Waals surface area contributed by atoms with E-state index in [-0.39, 0.29) is 35.5 Å². The molecule has 3 saturated heterocycles. The van der Waals surface area contributed by atoms with Crippen LogP contribution in [0.25, 0.3) is 22.6 Å². The maximum Gasteiger partial charge on any atom is 0.251 e. The van der Waals surface area contributed by atoms with Crippen LogP contribution in [0.15, 0.2) is 55.1 Å². The number of imidazole rings is 1. The van der Waals surface area contributed by atoms with E-state index in [1.807, 2.05) is 26.4 Å². The Bertz CT molecular complexity index is 2380. The number of unbranched alkanes of at least 4 members (excludes halogenated alkanes) is 1. The van der Waals surface area contributed by atoms with Crippen LogP contribution in [0.2, 0.25) is 5.02 Å². The topological polar surface area (TPSA) is 192 Å². The molecule has 17 heteroatoms. The van der Waals surface area contributed by atoms with Gasteiger partial charge in [0.05, 0.1) is 35.3 Å². The molecule has 61 heavy (non-hydrogen) atoms. The average Bonchev–Trinajstić information content (AvgIpc) is 3.85. The van der Waals surface area contributed by atoms with Crippen LogP contribution >= 0.6 is 11.6 Å². The number of halogens is 1. The molecule has 0 spiro atoms. The Balaban J connectivity index is 0.703. The molecule has 320 valence electrons. The Morgan fingerprint density at radius 1 is 0.951 bits per heavy atom. The number of aromatic amines is 1. The second-order valence-corrected chi connectivity index (χ2v) is 16.8. The van der Waals surface area contributed by atoms with Crippen molar-refractivity contribution in [3.8, 4) is 22.9 Å². The predicted molar refractivity (Wildman–Crippen MR) is 230 cm³/mol. The predicted octanol–water partition coefficient (Wildman–Crippen LogP) is 5.28. The summed E-state index contributed by atoms with van der Waals surface area (Å²) in [6.07, 6.45) is 13.3. The third-order valence-corrected chi connectivity index (χ3v) is 12.3. The highest BCUT2D eigenvalue weighted by atomic mass is 35.5. The van der Waals surface area contributed by atoms with E-state index in [0.717, 1.165) is 93.8 Å². The fourth-order valence-corrected chi connectivity index (χ4v) is 8.79. The number of rotatable bonds is 14. The monoisotopic (exact) mass is 849 g/mol. The van der Waals surface area contributed by atoms with Gasteiger partial charge in [0, 0.05) is 70.1 Å². The maximum atomic E-state index is 13.0. The van der Waals surface area contributed by atoms with Crippen LogP contribution in [0.1, 0.15) is 78.9 Å². The van der Waals surface area contributed by atoms with Crippen LogP contribution in [0.5, 0.6) is 11.5 Å². The Kier molecular flexibility index (Phi) is 12.9. The summed E-state index contributed by atoms with van der Waals surface area (Å²) in [5.74, 6) is 1.30. The largest absolute Gasteiger partial charge is 0.453 e. The summed E-state index contributed by atoms with van der Waals surface area (Å²) >= 11 is 6.50. The lowest BCUT2D eigenvalue weighted by Crippen LogP contribution is -2.44. The Morgan fingerprint density at radius 3 is 2.43 bits per heavy atom. The van der Waals surface area contributed by atoms with Crippen molar-refractivity contribution in [3.63, 3.8) is 0 Å². The molecular formula is C44H52ClN11O5. The summed E-state index contributed by atoms with van der Waals surface area (Å²) in [4.78, 5) is 71.3. The Labute approximate surface area is 359 Å². The molecule has 0 aliphatic carbocycles. The van der Waals surface area contributed by atoms with Crippen molar-refractivity contribution < 1.29 is 23.9 Å². The van der Waals surface area contributed by atoms with Crippen molar-refractivity contribution >= 4 is 52.1 Å². The van der Waals surface area contributed by atoms with E-state index in [1.54, 1.807) is 35.1 Å². The zero-order valence-electron chi connectivity index (χ0n) is 34.6. The molecule has 0 saturated carbocycles. The van der Waals surface area contributed by atoms with Crippen molar-refractivity contribution in [1.82, 2.24) is 50.6 Å². The molecular weight excluding hydrogens is 798 g/mol. The molecule has 4 aromatic heterocycles. The second-order valence-electron chi connectivity index (χ2n) is 16.4. The number of aromatic nitrogens is 6. The van der Waals surface area contributed by atoms with Crippen molar-refractivity contribution in [2.45, 2.75) is 64.2 Å². The smallest absolute Gasteiger partial charge is 0.251 e. The number of amides is 4. The van der Waals surface area contributed by atoms with Gasteiger partial charge in [0.1, 0.15) is 22.1 Å². The van der Waals surface area contributed by atoms with Crippen molar-refractivity contribution in [2.75, 3.05) is 50.7 Å². The number of H-pyrrole nitrogens is 1. The first kappa shape index (κ1) is 41.8. The second kappa shape index (κ2) is 18.8. The number of hydrogen-bond acceptors (Lipinski definition) is 11. The first-order valence-corrected chi connectivity index (χ1v) is 21.6. The summed E-state index contributed by atoms with van der Waals surface area (Å²) in [7, 11) is 1.85. The molecule has 1 aromatic carbocycles. The van der Waals surface area contributed by atoms with E-state index < -0.39 is 0 Å². The minimum Gasteiger partial charge on any atom is -0.453 e. The normalized spacial score (nSPS) is 18.0. The minimum absolute atomic E-state index is 0.0302. The summed E-state index contributed by atoms with van der Waals surface area (Å²) in [5.41, 5.74) is 5.10. The van der Waals surface area contributed by atoms with Crippen LogP contribution < -0.4 is 25.6 Å². The first-order chi connectivity index (χ1) is 29.6. The van der Waals surface area contributed by atoms with Gasteiger partial charge in [0.2, 0.25) is 17.7 Å². The number of benzene rings is 1. The minimum atomic E-state index is -0.331. The quantitative estimate of drug-likeness (QED) is 0.0840. The number of nitrogens with zero attached hydrogens (tertiary/aromatic N) is 7. The summed E-state index contributed by atoms with van der Waals surface area (Å²) in [5, 5.41) is 13.2. The highest BCUT2D eigenvalue weighted by molar-refractivity contribution is 6.32. The fraction of sp³-hybridized carbons (Fsp3) is 0.455. The molecule has 5 aromatic rings. The van der Waals surface area contributed by atoms with Crippen LogP contribution in [0.4, 0.5) is 5.69 Å². The van der Waals surface area contributed by atoms with Gasteiger partial charge in [0.25, 0.3) is 5.91 Å². The Hall–Kier alpha value is -5.87. The first-order valence-electron chi connectivity index (χ1n) is 21.2. The van der Waals surface area contributed by atoms with Gasteiger partial charge in [-0.15, -0.1) is 0 Å². The molecule has 0 unspecified atom stereocenters. The van der Waals surface area contributed by atoms with E-state index in [1.165, 1.54) is 6.20 Å². The van der Waals surface area contributed by atoms with Gasteiger partial charge in [-0.25, -0.2) is 9.97 Å². The summed E-state index contributed by atoms with van der Waals surface area (Å²) < 4.78 is 7.88. The summed E-state index contributed by atoms with van der Waals surface area (Å²) in [6, 6.07) is 8.90. The van der Waals surface area contributed by atoms with Crippen LogP contribution in [-0.2, 0) is 21.4 Å². The van der Waals surface area contributed by atoms with Crippen LogP contribution in [-0.4, -0.2) is 104 Å². The third kappa shape index (κ3) is 10.0. The molecule has 0 radical (unpaired) electrons. The van der Waals surface area contributed by atoms with Gasteiger partial charge in [-0.05, 0) is 107 Å². The molecule has 3 aliphatic heterocycles. The lowest BCUT2D eigenvalue weighted by molar-refractivity contribution is -0.134. The number of aryl methyl sites for hydroxylation is 2. The number of likely N-dealkylation sites (tertiary alicyclic amines) is 1. The van der Waals surface area contributed by atoms with E-state index >= 15 is 0 Å². The summed E-state index contributed by atoms with van der Waals surface area (Å²) in [6.45, 7) is 7.76. The van der Waals surface area contributed by atoms with Crippen LogP contribution in [0.3, 0.4) is 0 Å². The number of nitrogens with one attached hydrogen (secondary N) is 4. The van der Waals surface area contributed by atoms with Gasteiger partial charge >= 0.3 is 0 Å². The number of piperidine rings is 3. The van der Waals surface area contributed by atoms with Crippen molar-refractivity contribution in [1.29, 1.82) is 0 Å². The number of ether oxygens (including phenoxy) is 1. The molecule has 4 N–H and O–H groups in total. The molecule has 3 fully saturated rings. The number of imide groups is 1. The number of fused-ring (bicyclic) bond motifs is 1. The highest BCUT2D eigenvalue weighted by Crippen LogP contribution is 2.36. The fourth-order valence-electron chi connectivity index (χ4n) is 8.61. The SMILES string of the molecule is Cc1nn(C)cc1-c1nc2ncc(Cl)c(Oc3ccc(C(=O)NCCCCNC(=O)C4CCN(CC5CCN(c6cncc([C@@H]7CCC(=O)NC7=O)c6)CC5)CC4)cc3)c2[nH]1. The third-order valence-electron chi connectivity index (χ3n) is 12.1. The molecule has 16 nitrogen and oxygen atoms in total. The number of hydrogen-bond donors (Lipinski definition) is 4. The van der Waals surface area contributed by atoms with E-state index in [2.05, 4.69) is 56.9 Å². The highest BCUT2D eigenvalue weighted by Gasteiger charge is 2.30. The Morgan fingerprint density at radius 2 is 1.70 bits per heavy atom. The van der Waals surface area contributed by atoms with Gasteiger partial charge in [0.15, 0.2) is 11.4 Å². The van der Waals surface area contributed by atoms with Crippen molar-refractivity contribution in [2.24, 2.45) is 18.9 Å². The molecule has 8 rings (SSSR count). The molecule has 0 bridgehead atoms. The maximum absolute atomic E-state index is 13.0. The lowest BCUT2D eigenvalue weighted by Gasteiger charge is -2.38. The molecule has 4 amide bonds. The van der Waals surface area contributed by atoms with E-state index in [0.29, 0.717) is 70.9 Å². The zero-order valence-corrected chi connectivity index (χ0v) is 35.3. The number of pyridine rings is 2. The number of carbonyl (C=O) groups is 4. The van der Waals surface area contributed by atoms with Crippen molar-refractivity contribution in [3.05, 3.63) is 77.0 Å². The van der Waals surface area contributed by atoms with Gasteiger partial charge in [-0.2, -0.15) is 5.10 Å². The van der Waals surface area contributed by atoms with E-state index in [9.17, 15) is 19.2 Å². The lowest BCUT2D eigenvalue weighted by atomic mass is 9.90. The molecule has 3 aliphatic rings. The van der Waals surface area contributed by atoms with Gasteiger partial charge in [-0.3, -0.25) is 34.2 Å². The number of carbonyl (C=O) groups excluding carboxylic acids is 4. The molecule has 1 atom stereocenters. The molecule has 7 heterocycles.